The SMILES string of the molecule is COc1cn(-c2ccccc2)nc1C(=O)NCC#N. The molecule has 0 aliphatic heterocycles. The summed E-state index contributed by atoms with van der Waals surface area (Å²) >= 11 is 0. The van der Waals surface area contributed by atoms with Crippen molar-refractivity contribution in [2.75, 3.05) is 13.7 Å². The van der Waals surface area contributed by atoms with Gasteiger partial charge in [0.25, 0.3) is 5.91 Å². The minimum absolute atomic E-state index is 0.0693. The number of ether oxygens (including phenoxy) is 1. The van der Waals surface area contributed by atoms with Crippen LogP contribution in [0, 0.1) is 11.3 Å². The number of benzene rings is 1. The van der Waals surface area contributed by atoms with E-state index in [1.54, 1.807) is 10.9 Å². The molecule has 0 fully saturated rings. The average molecular weight is 256 g/mol. The summed E-state index contributed by atoms with van der Waals surface area (Å²) in [6.45, 7) is -0.0693. The maximum Gasteiger partial charge on any atom is 0.276 e. The molecular formula is C13H12N4O2. The molecule has 1 amide bonds. The van der Waals surface area contributed by atoms with Crippen LogP contribution in [0.2, 0.25) is 0 Å². The van der Waals surface area contributed by atoms with Crippen molar-refractivity contribution in [3.8, 4) is 17.5 Å². The molecule has 1 N–H and O–H groups in total. The van der Waals surface area contributed by atoms with Crippen LogP contribution < -0.4 is 10.1 Å². The van der Waals surface area contributed by atoms with Crippen LogP contribution in [-0.2, 0) is 0 Å². The van der Waals surface area contributed by atoms with Crippen molar-refractivity contribution < 1.29 is 9.53 Å². The fourth-order valence-electron chi connectivity index (χ4n) is 1.58. The molecule has 0 aliphatic carbocycles. The number of carbonyl (C=O) groups excluding carboxylic acids is 1. The second-order valence-electron chi connectivity index (χ2n) is 3.67. The number of nitriles is 1. The average Bonchev–Trinajstić information content (AvgIpc) is 2.90. The number of nitrogens with zero attached hydrogens (tertiary/aromatic N) is 3. The zero-order valence-electron chi connectivity index (χ0n) is 10.3. The largest absolute Gasteiger partial charge is 0.493 e. The van der Waals surface area contributed by atoms with E-state index in [2.05, 4.69) is 10.4 Å². The molecule has 2 rings (SSSR count). The molecular weight excluding hydrogens is 244 g/mol. The van der Waals surface area contributed by atoms with Crippen molar-refractivity contribution in [3.05, 3.63) is 42.2 Å². The van der Waals surface area contributed by atoms with Crippen LogP contribution in [-0.4, -0.2) is 29.3 Å². The van der Waals surface area contributed by atoms with Crippen LogP contribution in [0.5, 0.6) is 5.75 Å². The van der Waals surface area contributed by atoms with E-state index in [1.807, 2.05) is 36.4 Å². The third-order valence-electron chi connectivity index (χ3n) is 2.46. The van der Waals surface area contributed by atoms with E-state index in [4.69, 9.17) is 10.00 Å². The monoisotopic (exact) mass is 256 g/mol. The van der Waals surface area contributed by atoms with Gasteiger partial charge in [-0.15, -0.1) is 0 Å². The van der Waals surface area contributed by atoms with Gasteiger partial charge in [0.2, 0.25) is 0 Å². The van der Waals surface area contributed by atoms with E-state index in [9.17, 15) is 4.79 Å². The summed E-state index contributed by atoms with van der Waals surface area (Å²) in [6.07, 6.45) is 1.62. The van der Waals surface area contributed by atoms with Gasteiger partial charge in [0, 0.05) is 0 Å². The number of rotatable bonds is 4. The zero-order valence-corrected chi connectivity index (χ0v) is 10.3. The van der Waals surface area contributed by atoms with Gasteiger partial charge < -0.3 is 10.1 Å². The van der Waals surface area contributed by atoms with Crippen molar-refractivity contribution in [1.82, 2.24) is 15.1 Å². The first-order valence-corrected chi connectivity index (χ1v) is 5.60. The standard InChI is InChI=1S/C13H12N4O2/c1-19-11-9-17(10-5-3-2-4-6-10)16-12(11)13(18)15-8-7-14/h2-6,9H,8H2,1H3,(H,15,18). The molecule has 96 valence electrons. The summed E-state index contributed by atoms with van der Waals surface area (Å²) in [4.78, 5) is 11.8. The van der Waals surface area contributed by atoms with Gasteiger partial charge in [-0.2, -0.15) is 10.4 Å². The Bertz CT molecular complexity index is 613. The summed E-state index contributed by atoms with van der Waals surface area (Å²) in [5.41, 5.74) is 0.974. The first-order chi connectivity index (χ1) is 9.26. The fraction of sp³-hybridized carbons (Fsp3) is 0.154. The number of hydrogen-bond donors (Lipinski definition) is 1. The Labute approximate surface area is 110 Å². The van der Waals surface area contributed by atoms with Gasteiger partial charge >= 0.3 is 0 Å². The molecule has 2 aromatic rings. The Morgan fingerprint density at radius 1 is 1.47 bits per heavy atom. The predicted molar refractivity (Wildman–Crippen MR) is 68.1 cm³/mol. The molecule has 0 saturated heterocycles. The van der Waals surface area contributed by atoms with Crippen LogP contribution in [0.1, 0.15) is 10.5 Å². The summed E-state index contributed by atoms with van der Waals surface area (Å²) in [7, 11) is 1.47. The number of nitrogens with one attached hydrogen (secondary N) is 1. The van der Waals surface area contributed by atoms with Crippen LogP contribution in [0.15, 0.2) is 36.5 Å². The van der Waals surface area contributed by atoms with Crippen molar-refractivity contribution >= 4 is 5.91 Å². The highest BCUT2D eigenvalue weighted by Crippen LogP contribution is 2.19. The third kappa shape index (κ3) is 2.72. The van der Waals surface area contributed by atoms with Crippen LogP contribution in [0.25, 0.3) is 5.69 Å². The summed E-state index contributed by atoms with van der Waals surface area (Å²) < 4.78 is 6.68. The topological polar surface area (TPSA) is 79.9 Å². The molecule has 1 heterocycles. The van der Waals surface area contributed by atoms with E-state index in [-0.39, 0.29) is 12.2 Å². The normalized spacial score (nSPS) is 9.68. The van der Waals surface area contributed by atoms with Gasteiger partial charge in [0.15, 0.2) is 11.4 Å². The van der Waals surface area contributed by atoms with Crippen molar-refractivity contribution in [2.45, 2.75) is 0 Å². The van der Waals surface area contributed by atoms with E-state index >= 15 is 0 Å². The van der Waals surface area contributed by atoms with Crippen LogP contribution in [0.4, 0.5) is 0 Å². The number of amides is 1. The van der Waals surface area contributed by atoms with Gasteiger partial charge in [-0.3, -0.25) is 4.79 Å². The zero-order chi connectivity index (χ0) is 13.7. The second kappa shape index (κ2) is 5.69. The van der Waals surface area contributed by atoms with Crippen molar-refractivity contribution in [1.29, 1.82) is 5.26 Å². The molecule has 0 saturated carbocycles. The molecule has 19 heavy (non-hydrogen) atoms. The first-order valence-electron chi connectivity index (χ1n) is 5.60. The summed E-state index contributed by atoms with van der Waals surface area (Å²) in [5, 5.41) is 15.1. The highest BCUT2D eigenvalue weighted by Gasteiger charge is 2.17. The maximum atomic E-state index is 11.8. The highest BCUT2D eigenvalue weighted by molar-refractivity contribution is 5.95. The molecule has 6 nitrogen and oxygen atoms in total. The highest BCUT2D eigenvalue weighted by atomic mass is 16.5. The lowest BCUT2D eigenvalue weighted by Crippen LogP contribution is -2.24. The Morgan fingerprint density at radius 2 is 2.21 bits per heavy atom. The molecule has 6 heteroatoms. The van der Waals surface area contributed by atoms with E-state index in [0.29, 0.717) is 5.75 Å². The van der Waals surface area contributed by atoms with Gasteiger partial charge in [-0.25, -0.2) is 4.68 Å². The predicted octanol–water partition coefficient (Wildman–Crippen LogP) is 1.13. The van der Waals surface area contributed by atoms with Crippen LogP contribution >= 0.6 is 0 Å². The maximum absolute atomic E-state index is 11.8. The minimum Gasteiger partial charge on any atom is -0.493 e. The number of methoxy groups -OCH3 is 1. The lowest BCUT2D eigenvalue weighted by Gasteiger charge is -1.99. The molecule has 0 spiro atoms. The summed E-state index contributed by atoms with van der Waals surface area (Å²) in [6, 6.07) is 11.2. The minimum atomic E-state index is -0.437. The molecule has 0 atom stereocenters. The number of carbonyl (C=O) groups is 1. The van der Waals surface area contributed by atoms with Crippen LogP contribution in [0.3, 0.4) is 0 Å². The van der Waals surface area contributed by atoms with Gasteiger partial charge in [0.1, 0.15) is 6.54 Å². The lowest BCUT2D eigenvalue weighted by molar-refractivity contribution is 0.0950. The molecule has 0 aliphatic rings. The molecule has 0 unspecified atom stereocenters. The smallest absolute Gasteiger partial charge is 0.276 e. The third-order valence-corrected chi connectivity index (χ3v) is 2.46. The van der Waals surface area contributed by atoms with Crippen molar-refractivity contribution in [2.24, 2.45) is 0 Å². The first kappa shape index (κ1) is 12.6. The van der Waals surface area contributed by atoms with E-state index < -0.39 is 5.91 Å². The van der Waals surface area contributed by atoms with E-state index in [0.717, 1.165) is 5.69 Å². The Balaban J connectivity index is 2.33. The van der Waals surface area contributed by atoms with Gasteiger partial charge in [0.05, 0.1) is 25.1 Å². The number of aromatic nitrogens is 2. The molecule has 0 bridgehead atoms. The van der Waals surface area contributed by atoms with Gasteiger partial charge in [-0.1, -0.05) is 18.2 Å². The Morgan fingerprint density at radius 3 is 2.84 bits per heavy atom. The van der Waals surface area contributed by atoms with E-state index in [1.165, 1.54) is 7.11 Å². The molecule has 1 aromatic heterocycles. The quantitative estimate of drug-likeness (QED) is 0.832. The molecule has 1 aromatic carbocycles. The Kier molecular flexibility index (Phi) is 3.78. The van der Waals surface area contributed by atoms with Gasteiger partial charge in [-0.05, 0) is 12.1 Å². The number of para-hydroxylation sites is 1. The molecule has 0 radical (unpaired) electrons. The van der Waals surface area contributed by atoms with Crippen molar-refractivity contribution in [3.63, 3.8) is 0 Å². The lowest BCUT2D eigenvalue weighted by atomic mass is 10.3. The Hall–Kier alpha value is -2.81. The number of hydrogen-bond acceptors (Lipinski definition) is 4. The fourth-order valence-corrected chi connectivity index (χ4v) is 1.58. The second-order valence-corrected chi connectivity index (χ2v) is 3.67. The summed E-state index contributed by atoms with van der Waals surface area (Å²) in [5.74, 6) is -0.0765.